The summed E-state index contributed by atoms with van der Waals surface area (Å²) in [6.45, 7) is 9.51. The molecule has 0 saturated carbocycles. The zero-order chi connectivity index (χ0) is 34.8. The molecule has 5 rings (SSSR count). The number of nitrogens with zero attached hydrogens (tertiary/aromatic N) is 4. The molecule has 0 radical (unpaired) electrons. The van der Waals surface area contributed by atoms with Crippen molar-refractivity contribution in [3.05, 3.63) is 83.8 Å². The number of likely N-dealkylation sites (tertiary alicyclic amines) is 1. The standard InChI is InChI=1S/C32H31F3N6O5S2/c1-5-25(42)38-30-36-14-13-23(37-30)28-27(39-29(47-28)18-8-7-15-41(17-18)31(43)46-32(2,3)4)20-9-6-10-22(26(20)35)40-48(44,45)24-16-19(33)11-12-21(24)34/h5-6,9-14,16,18,40H,1,7-8,15,17H2,2-4H3,(H,36,37,38,42). The number of rotatable bonds is 8. The normalized spacial score (nSPS) is 15.1. The Morgan fingerprint density at radius 3 is 2.62 bits per heavy atom. The van der Waals surface area contributed by atoms with Crippen molar-refractivity contribution in [2.45, 2.75) is 50.0 Å². The second kappa shape index (κ2) is 13.7. The number of carbonyl (C=O) groups is 2. The van der Waals surface area contributed by atoms with Crippen molar-refractivity contribution in [1.82, 2.24) is 19.9 Å². The number of nitrogens with one attached hydrogen (secondary N) is 2. The van der Waals surface area contributed by atoms with Gasteiger partial charge in [0.1, 0.15) is 22.1 Å². The molecule has 2 aromatic heterocycles. The SMILES string of the molecule is C=CC(=O)Nc1nccc(-c2sc(C3CCCN(C(=O)OC(C)(C)C)C3)nc2-c2cccc(NS(=O)(=O)c3cc(F)ccc3F)c2F)n1. The Morgan fingerprint density at radius 2 is 1.90 bits per heavy atom. The summed E-state index contributed by atoms with van der Waals surface area (Å²) in [5.74, 6) is -4.11. The molecule has 0 bridgehead atoms. The summed E-state index contributed by atoms with van der Waals surface area (Å²) in [5, 5.41) is 3.03. The van der Waals surface area contributed by atoms with Gasteiger partial charge in [-0.15, -0.1) is 11.3 Å². The van der Waals surface area contributed by atoms with Crippen LogP contribution >= 0.6 is 11.3 Å². The lowest BCUT2D eigenvalue weighted by Crippen LogP contribution is -2.42. The van der Waals surface area contributed by atoms with Gasteiger partial charge in [0.25, 0.3) is 10.0 Å². The Bertz CT molecular complexity index is 2000. The van der Waals surface area contributed by atoms with Crippen molar-refractivity contribution < 1.29 is 35.9 Å². The molecular weight excluding hydrogens is 670 g/mol. The Labute approximate surface area is 279 Å². The molecular formula is C32H31F3N6O5S2. The summed E-state index contributed by atoms with van der Waals surface area (Å²) in [6.07, 6.45) is 3.29. The number of halogens is 3. The summed E-state index contributed by atoms with van der Waals surface area (Å²) in [5.41, 5.74) is -0.980. The Hall–Kier alpha value is -4.83. The summed E-state index contributed by atoms with van der Waals surface area (Å²) in [7, 11) is -4.75. The molecule has 1 atom stereocenters. The molecule has 2 aromatic carbocycles. The number of sulfonamides is 1. The molecule has 3 heterocycles. The number of piperidine rings is 1. The number of anilines is 2. The minimum Gasteiger partial charge on any atom is -0.444 e. The molecule has 2 amide bonds. The number of hydrogen-bond acceptors (Lipinski definition) is 9. The largest absolute Gasteiger partial charge is 0.444 e. The lowest BCUT2D eigenvalue weighted by atomic mass is 9.99. The van der Waals surface area contributed by atoms with E-state index in [9.17, 15) is 26.8 Å². The van der Waals surface area contributed by atoms with Crippen LogP contribution < -0.4 is 10.0 Å². The molecule has 1 fully saturated rings. The van der Waals surface area contributed by atoms with Crippen molar-refractivity contribution in [1.29, 1.82) is 0 Å². The fourth-order valence-electron chi connectivity index (χ4n) is 4.92. The third-order valence-corrected chi connectivity index (χ3v) is 9.68. The summed E-state index contributed by atoms with van der Waals surface area (Å²) < 4.78 is 78.0. The van der Waals surface area contributed by atoms with Gasteiger partial charge in [-0.2, -0.15) is 0 Å². The van der Waals surface area contributed by atoms with Crippen molar-refractivity contribution in [3.63, 3.8) is 0 Å². The highest BCUT2D eigenvalue weighted by Crippen LogP contribution is 2.42. The van der Waals surface area contributed by atoms with E-state index in [1.807, 2.05) is 4.72 Å². The second-order valence-electron chi connectivity index (χ2n) is 11.8. The first-order valence-electron chi connectivity index (χ1n) is 14.7. The van der Waals surface area contributed by atoms with E-state index in [0.29, 0.717) is 41.4 Å². The van der Waals surface area contributed by atoms with Gasteiger partial charge in [0.05, 0.1) is 27.0 Å². The lowest BCUT2D eigenvalue weighted by Gasteiger charge is -2.33. The van der Waals surface area contributed by atoms with Crippen LogP contribution in [0.4, 0.5) is 29.6 Å². The molecule has 4 aromatic rings. The minimum atomic E-state index is -4.75. The van der Waals surface area contributed by atoms with E-state index in [-0.39, 0.29) is 35.4 Å². The molecule has 1 unspecified atom stereocenters. The molecule has 252 valence electrons. The van der Waals surface area contributed by atoms with E-state index < -0.39 is 55.7 Å². The van der Waals surface area contributed by atoms with Crippen LogP contribution in [0.15, 0.2) is 66.2 Å². The van der Waals surface area contributed by atoms with Crippen LogP contribution in [-0.2, 0) is 19.6 Å². The number of ether oxygens (including phenoxy) is 1. The number of hydrogen-bond donors (Lipinski definition) is 2. The van der Waals surface area contributed by atoms with Crippen LogP contribution in [0.1, 0.15) is 44.5 Å². The monoisotopic (exact) mass is 700 g/mol. The smallest absolute Gasteiger partial charge is 0.410 e. The molecule has 1 saturated heterocycles. The van der Waals surface area contributed by atoms with Gasteiger partial charge in [0.15, 0.2) is 5.82 Å². The van der Waals surface area contributed by atoms with Gasteiger partial charge in [0.2, 0.25) is 11.9 Å². The zero-order valence-corrected chi connectivity index (χ0v) is 27.7. The van der Waals surface area contributed by atoms with Gasteiger partial charge in [-0.3, -0.25) is 14.8 Å². The number of carbonyl (C=O) groups excluding carboxylic acids is 2. The predicted molar refractivity (Wildman–Crippen MR) is 174 cm³/mol. The van der Waals surface area contributed by atoms with Crippen LogP contribution in [0.3, 0.4) is 0 Å². The van der Waals surface area contributed by atoms with Crippen molar-refractivity contribution in [2.24, 2.45) is 0 Å². The van der Waals surface area contributed by atoms with Gasteiger partial charge >= 0.3 is 6.09 Å². The van der Waals surface area contributed by atoms with Gasteiger partial charge in [-0.05, 0) is 76.1 Å². The summed E-state index contributed by atoms with van der Waals surface area (Å²) in [4.78, 5) is 39.0. The highest BCUT2D eigenvalue weighted by atomic mass is 32.2. The Morgan fingerprint density at radius 1 is 1.12 bits per heavy atom. The van der Waals surface area contributed by atoms with Crippen LogP contribution in [0, 0.1) is 17.5 Å². The Kier molecular flexibility index (Phi) is 9.86. The topological polar surface area (TPSA) is 143 Å². The minimum absolute atomic E-state index is 0.0498. The van der Waals surface area contributed by atoms with Crippen molar-refractivity contribution in [3.8, 4) is 21.8 Å². The molecule has 0 aliphatic carbocycles. The van der Waals surface area contributed by atoms with Crippen molar-refractivity contribution in [2.75, 3.05) is 23.1 Å². The molecule has 0 spiro atoms. The quantitative estimate of drug-likeness (QED) is 0.193. The van der Waals surface area contributed by atoms with Crippen LogP contribution in [0.5, 0.6) is 0 Å². The highest BCUT2D eigenvalue weighted by molar-refractivity contribution is 7.92. The van der Waals surface area contributed by atoms with E-state index in [0.717, 1.165) is 18.2 Å². The number of benzene rings is 2. The fourth-order valence-corrected chi connectivity index (χ4v) is 7.25. The first-order valence-corrected chi connectivity index (χ1v) is 17.0. The summed E-state index contributed by atoms with van der Waals surface area (Å²) in [6, 6.07) is 7.34. The molecule has 2 N–H and O–H groups in total. The molecule has 16 heteroatoms. The van der Waals surface area contributed by atoms with Crippen molar-refractivity contribution >= 4 is 45.0 Å². The number of aromatic nitrogens is 3. The second-order valence-corrected chi connectivity index (χ2v) is 14.5. The predicted octanol–water partition coefficient (Wildman–Crippen LogP) is 6.72. The maximum atomic E-state index is 16.3. The van der Waals surface area contributed by atoms with E-state index in [1.165, 1.54) is 35.7 Å². The average Bonchev–Trinajstić information content (AvgIpc) is 3.48. The lowest BCUT2D eigenvalue weighted by molar-refractivity contribution is -0.111. The van der Waals surface area contributed by atoms with Gasteiger partial charge in [-0.1, -0.05) is 12.6 Å². The molecule has 48 heavy (non-hydrogen) atoms. The third kappa shape index (κ3) is 7.82. The zero-order valence-electron chi connectivity index (χ0n) is 26.1. The van der Waals surface area contributed by atoms with Gasteiger partial charge in [0, 0.05) is 30.8 Å². The number of thiazole rings is 1. The molecule has 1 aliphatic rings. The maximum absolute atomic E-state index is 16.3. The third-order valence-electron chi connectivity index (χ3n) is 7.06. The first-order chi connectivity index (χ1) is 22.6. The molecule has 1 aliphatic heterocycles. The maximum Gasteiger partial charge on any atom is 0.410 e. The number of amides is 2. The average molecular weight is 701 g/mol. The van der Waals surface area contributed by atoms with E-state index >= 15 is 4.39 Å². The van der Waals surface area contributed by atoms with E-state index in [4.69, 9.17) is 9.72 Å². The fraction of sp³-hybridized carbons (Fsp3) is 0.281. The molecule has 11 nitrogen and oxygen atoms in total. The van der Waals surface area contributed by atoms with Gasteiger partial charge in [-0.25, -0.2) is 41.3 Å². The van der Waals surface area contributed by atoms with Gasteiger partial charge < -0.3 is 9.64 Å². The van der Waals surface area contributed by atoms with Crippen LogP contribution in [0.2, 0.25) is 0 Å². The Balaban J connectivity index is 1.57. The van der Waals surface area contributed by atoms with Crippen LogP contribution in [-0.4, -0.2) is 59.0 Å². The van der Waals surface area contributed by atoms with Crippen LogP contribution in [0.25, 0.3) is 21.8 Å². The van der Waals surface area contributed by atoms with E-state index in [1.54, 1.807) is 25.7 Å². The summed E-state index contributed by atoms with van der Waals surface area (Å²) >= 11 is 1.19. The first kappa shape index (κ1) is 34.5. The van der Waals surface area contributed by atoms with E-state index in [2.05, 4.69) is 21.9 Å². The highest BCUT2D eigenvalue weighted by Gasteiger charge is 2.32.